The van der Waals surface area contributed by atoms with Crippen molar-refractivity contribution in [3.63, 3.8) is 0 Å². The van der Waals surface area contributed by atoms with Crippen molar-refractivity contribution in [3.05, 3.63) is 36.5 Å². The highest BCUT2D eigenvalue weighted by atomic mass is 16.5. The summed E-state index contributed by atoms with van der Waals surface area (Å²) in [5.41, 5.74) is 7.75. The highest BCUT2D eigenvalue weighted by Crippen LogP contribution is 2.17. The number of ether oxygens (including phenoxy) is 1. The number of hydrogen-bond acceptors (Lipinski definition) is 4. The van der Waals surface area contributed by atoms with Crippen molar-refractivity contribution in [2.45, 2.75) is 19.9 Å². The first kappa shape index (κ1) is 11.6. The molecule has 0 aliphatic heterocycles. The molecule has 0 aliphatic rings. The van der Waals surface area contributed by atoms with Crippen LogP contribution in [0.25, 0.3) is 5.69 Å². The minimum Gasteiger partial charge on any atom is -0.478 e. The van der Waals surface area contributed by atoms with Crippen LogP contribution in [0.4, 0.5) is 0 Å². The van der Waals surface area contributed by atoms with Crippen LogP contribution in [-0.4, -0.2) is 21.1 Å². The Kier molecular flexibility index (Phi) is 3.39. The number of nitrogens with zero attached hydrogens (tertiary/aromatic N) is 3. The van der Waals surface area contributed by atoms with Crippen LogP contribution in [0, 0.1) is 0 Å². The van der Waals surface area contributed by atoms with Crippen molar-refractivity contribution >= 4 is 0 Å². The zero-order valence-corrected chi connectivity index (χ0v) is 10.00. The second kappa shape index (κ2) is 4.97. The molecule has 5 nitrogen and oxygen atoms in total. The quantitative estimate of drug-likeness (QED) is 0.871. The molecule has 0 spiro atoms. The van der Waals surface area contributed by atoms with Crippen LogP contribution in [0.3, 0.4) is 0 Å². The summed E-state index contributed by atoms with van der Waals surface area (Å²) in [7, 11) is 0. The van der Waals surface area contributed by atoms with Crippen LogP contribution in [0.15, 0.2) is 30.9 Å². The molecule has 0 fully saturated rings. The van der Waals surface area contributed by atoms with Gasteiger partial charge in [-0.1, -0.05) is 0 Å². The predicted molar refractivity (Wildman–Crippen MR) is 65.1 cm³/mol. The fourth-order valence-corrected chi connectivity index (χ4v) is 1.61. The summed E-state index contributed by atoms with van der Waals surface area (Å²) in [5.74, 6) is 0.624. The number of nitrogens with two attached hydrogens (primary N) is 1. The Balaban J connectivity index is 2.30. The molecule has 2 rings (SSSR count). The van der Waals surface area contributed by atoms with Gasteiger partial charge in [0.2, 0.25) is 5.88 Å². The van der Waals surface area contributed by atoms with Crippen LogP contribution in [0.1, 0.15) is 25.6 Å². The van der Waals surface area contributed by atoms with E-state index in [1.807, 2.05) is 30.5 Å². The van der Waals surface area contributed by atoms with Crippen LogP contribution in [0.5, 0.6) is 5.88 Å². The number of pyridine rings is 1. The number of hydrogen-bond donors (Lipinski definition) is 1. The summed E-state index contributed by atoms with van der Waals surface area (Å²) in [4.78, 5) is 8.32. The van der Waals surface area contributed by atoms with Gasteiger partial charge in [-0.05, 0) is 19.9 Å². The third kappa shape index (κ3) is 2.45. The van der Waals surface area contributed by atoms with Gasteiger partial charge in [0.25, 0.3) is 0 Å². The Labute approximate surface area is 100 Å². The van der Waals surface area contributed by atoms with E-state index in [9.17, 15) is 0 Å². The number of aromatic nitrogens is 3. The zero-order valence-electron chi connectivity index (χ0n) is 10.00. The fraction of sp³-hybridized carbons (Fsp3) is 0.333. The fourth-order valence-electron chi connectivity index (χ4n) is 1.61. The van der Waals surface area contributed by atoms with Gasteiger partial charge in [0, 0.05) is 12.1 Å². The van der Waals surface area contributed by atoms with Crippen molar-refractivity contribution < 1.29 is 4.74 Å². The van der Waals surface area contributed by atoms with Crippen molar-refractivity contribution in [1.82, 2.24) is 14.5 Å². The van der Waals surface area contributed by atoms with E-state index in [0.29, 0.717) is 12.5 Å². The number of rotatable bonds is 4. The minimum atomic E-state index is -0.0657. The summed E-state index contributed by atoms with van der Waals surface area (Å²) in [6.45, 7) is 4.47. The highest BCUT2D eigenvalue weighted by Gasteiger charge is 2.08. The van der Waals surface area contributed by atoms with E-state index in [-0.39, 0.29) is 6.04 Å². The molecule has 0 amide bonds. The lowest BCUT2D eigenvalue weighted by molar-refractivity contribution is 0.327. The molecule has 0 radical (unpaired) electrons. The molecular formula is C12H16N4O. The molecule has 2 heterocycles. The van der Waals surface area contributed by atoms with Crippen LogP contribution >= 0.6 is 0 Å². The lowest BCUT2D eigenvalue weighted by Crippen LogP contribution is -2.10. The first-order valence-corrected chi connectivity index (χ1v) is 5.59. The van der Waals surface area contributed by atoms with Gasteiger partial charge in [-0.15, -0.1) is 0 Å². The summed E-state index contributed by atoms with van der Waals surface area (Å²) in [5, 5.41) is 0. The van der Waals surface area contributed by atoms with Gasteiger partial charge in [-0.2, -0.15) is 0 Å². The first-order valence-electron chi connectivity index (χ1n) is 5.59. The standard InChI is InChI=1S/C12H16N4O/c1-3-17-12-5-4-10(6-15-12)16-8-14-7-11(16)9(2)13/h4-9H,3,13H2,1-2H3. The topological polar surface area (TPSA) is 66.0 Å². The van der Waals surface area contributed by atoms with Gasteiger partial charge in [-0.3, -0.25) is 0 Å². The van der Waals surface area contributed by atoms with E-state index in [1.165, 1.54) is 0 Å². The molecule has 0 aromatic carbocycles. The predicted octanol–water partition coefficient (Wildman–Crippen LogP) is 1.69. The molecule has 17 heavy (non-hydrogen) atoms. The van der Waals surface area contributed by atoms with Crippen molar-refractivity contribution in [2.24, 2.45) is 5.73 Å². The molecule has 0 saturated heterocycles. The highest BCUT2D eigenvalue weighted by molar-refractivity contribution is 5.33. The second-order valence-electron chi connectivity index (χ2n) is 3.76. The zero-order chi connectivity index (χ0) is 12.3. The summed E-state index contributed by atoms with van der Waals surface area (Å²) in [6.07, 6.45) is 5.25. The maximum atomic E-state index is 5.87. The smallest absolute Gasteiger partial charge is 0.213 e. The molecular weight excluding hydrogens is 216 g/mol. The molecule has 1 atom stereocenters. The van der Waals surface area contributed by atoms with Crippen molar-refractivity contribution in [3.8, 4) is 11.6 Å². The Bertz CT molecular complexity index is 476. The maximum absolute atomic E-state index is 5.87. The van der Waals surface area contributed by atoms with E-state index in [0.717, 1.165) is 11.4 Å². The minimum absolute atomic E-state index is 0.0657. The third-order valence-corrected chi connectivity index (χ3v) is 2.42. The normalized spacial score (nSPS) is 12.4. The molecule has 90 valence electrons. The van der Waals surface area contributed by atoms with E-state index >= 15 is 0 Å². The Morgan fingerprint density at radius 1 is 1.41 bits per heavy atom. The van der Waals surface area contributed by atoms with Crippen molar-refractivity contribution in [1.29, 1.82) is 0 Å². The van der Waals surface area contributed by atoms with E-state index in [2.05, 4.69) is 9.97 Å². The SMILES string of the molecule is CCOc1ccc(-n2cncc2C(C)N)cn1. The van der Waals surface area contributed by atoms with E-state index in [1.54, 1.807) is 18.7 Å². The van der Waals surface area contributed by atoms with Crippen molar-refractivity contribution in [2.75, 3.05) is 6.61 Å². The summed E-state index contributed by atoms with van der Waals surface area (Å²) < 4.78 is 7.22. The van der Waals surface area contributed by atoms with E-state index in [4.69, 9.17) is 10.5 Å². The van der Waals surface area contributed by atoms with Gasteiger partial charge in [0.1, 0.15) is 0 Å². The van der Waals surface area contributed by atoms with Gasteiger partial charge < -0.3 is 15.0 Å². The first-order chi connectivity index (χ1) is 8.22. The molecule has 2 aromatic heterocycles. The van der Waals surface area contributed by atoms with Gasteiger partial charge in [0.05, 0.1) is 36.7 Å². The van der Waals surface area contributed by atoms with Gasteiger partial charge in [-0.25, -0.2) is 9.97 Å². The number of imidazole rings is 1. The van der Waals surface area contributed by atoms with Gasteiger partial charge in [0.15, 0.2) is 0 Å². The van der Waals surface area contributed by atoms with E-state index < -0.39 is 0 Å². The Morgan fingerprint density at radius 2 is 2.24 bits per heavy atom. The molecule has 2 aromatic rings. The lowest BCUT2D eigenvalue weighted by atomic mass is 10.2. The Hall–Kier alpha value is -1.88. The molecule has 1 unspecified atom stereocenters. The van der Waals surface area contributed by atoms with Crippen LogP contribution < -0.4 is 10.5 Å². The van der Waals surface area contributed by atoms with Crippen LogP contribution in [-0.2, 0) is 0 Å². The third-order valence-electron chi connectivity index (χ3n) is 2.42. The molecule has 0 bridgehead atoms. The molecule has 0 aliphatic carbocycles. The Morgan fingerprint density at radius 3 is 2.82 bits per heavy atom. The molecule has 0 saturated carbocycles. The summed E-state index contributed by atoms with van der Waals surface area (Å²) >= 11 is 0. The monoisotopic (exact) mass is 232 g/mol. The molecule has 5 heteroatoms. The average molecular weight is 232 g/mol. The average Bonchev–Trinajstić information content (AvgIpc) is 2.79. The maximum Gasteiger partial charge on any atom is 0.213 e. The van der Waals surface area contributed by atoms with Gasteiger partial charge >= 0.3 is 0 Å². The lowest BCUT2D eigenvalue weighted by Gasteiger charge is -2.10. The largest absolute Gasteiger partial charge is 0.478 e. The second-order valence-corrected chi connectivity index (χ2v) is 3.76. The summed E-state index contributed by atoms with van der Waals surface area (Å²) in [6, 6.07) is 3.71. The van der Waals surface area contributed by atoms with Crippen LogP contribution in [0.2, 0.25) is 0 Å². The molecule has 2 N–H and O–H groups in total.